The van der Waals surface area contributed by atoms with Crippen LogP contribution in [0.2, 0.25) is 0 Å². The van der Waals surface area contributed by atoms with Crippen LogP contribution >= 0.6 is 0 Å². The maximum Gasteiger partial charge on any atom is 0.343 e. The molecule has 0 saturated carbocycles. The van der Waals surface area contributed by atoms with Crippen LogP contribution in [-0.2, 0) is 6.42 Å². The Morgan fingerprint density at radius 2 is 1.34 bits per heavy atom. The number of hydrogen-bond donors (Lipinski definition) is 0. The number of halogens is 3. The van der Waals surface area contributed by atoms with Crippen molar-refractivity contribution >= 4 is 5.97 Å². The highest BCUT2D eigenvalue weighted by atomic mass is 19.2. The van der Waals surface area contributed by atoms with Crippen molar-refractivity contribution in [3.8, 4) is 33.8 Å². The number of carbonyl (C=O) groups is 1. The first kappa shape index (κ1) is 24.1. The second kappa shape index (κ2) is 10.5. The zero-order valence-electron chi connectivity index (χ0n) is 19.3. The van der Waals surface area contributed by atoms with Crippen molar-refractivity contribution in [2.75, 3.05) is 6.61 Å². The molecule has 178 valence electrons. The third-order valence-corrected chi connectivity index (χ3v) is 5.61. The maximum atomic E-state index is 14.7. The van der Waals surface area contributed by atoms with Crippen LogP contribution in [0.5, 0.6) is 11.5 Å². The van der Waals surface area contributed by atoms with Crippen molar-refractivity contribution in [3.63, 3.8) is 0 Å². The smallest absolute Gasteiger partial charge is 0.343 e. The van der Waals surface area contributed by atoms with Gasteiger partial charge in [0, 0.05) is 5.56 Å². The van der Waals surface area contributed by atoms with E-state index in [0.29, 0.717) is 23.3 Å². The lowest BCUT2D eigenvalue weighted by Gasteiger charge is -2.10. The molecule has 0 bridgehead atoms. The fraction of sp³-hybridized carbons (Fsp3) is 0.138. The van der Waals surface area contributed by atoms with Gasteiger partial charge in [0.25, 0.3) is 0 Å². The third-order valence-electron chi connectivity index (χ3n) is 5.61. The molecule has 0 fully saturated rings. The molecule has 0 heterocycles. The van der Waals surface area contributed by atoms with Gasteiger partial charge >= 0.3 is 5.97 Å². The van der Waals surface area contributed by atoms with Crippen molar-refractivity contribution in [1.29, 1.82) is 0 Å². The minimum Gasteiger partial charge on any atom is -0.491 e. The van der Waals surface area contributed by atoms with E-state index in [1.165, 1.54) is 36.4 Å². The van der Waals surface area contributed by atoms with Gasteiger partial charge in [-0.25, -0.2) is 13.6 Å². The summed E-state index contributed by atoms with van der Waals surface area (Å²) >= 11 is 0. The van der Waals surface area contributed by atoms with E-state index >= 15 is 0 Å². The maximum absolute atomic E-state index is 14.7. The zero-order valence-corrected chi connectivity index (χ0v) is 19.3. The Kier molecular flexibility index (Phi) is 7.20. The zero-order chi connectivity index (χ0) is 24.9. The molecular weight excluding hydrogens is 453 g/mol. The van der Waals surface area contributed by atoms with Crippen molar-refractivity contribution in [2.45, 2.75) is 20.3 Å². The van der Waals surface area contributed by atoms with Crippen LogP contribution in [-0.4, -0.2) is 12.6 Å². The molecule has 0 aliphatic carbocycles. The minimum atomic E-state index is -1.24. The van der Waals surface area contributed by atoms with Crippen LogP contribution in [0.1, 0.15) is 29.8 Å². The standard InChI is InChI=1S/C29H23F3O3/c1-3-18-5-7-20(8-6-18)23-14-16-26(28(32)27(23)31)35-29(33)21-11-9-19(10-12-21)22-13-15-25(34-4-2)24(30)17-22/h5-17H,3-4H2,1-2H3. The fourth-order valence-corrected chi connectivity index (χ4v) is 3.66. The van der Waals surface area contributed by atoms with E-state index < -0.39 is 29.2 Å². The van der Waals surface area contributed by atoms with Gasteiger partial charge < -0.3 is 9.47 Å². The second-order valence-electron chi connectivity index (χ2n) is 7.83. The molecule has 0 aromatic heterocycles. The second-order valence-corrected chi connectivity index (χ2v) is 7.83. The van der Waals surface area contributed by atoms with Crippen molar-refractivity contribution < 1.29 is 27.4 Å². The van der Waals surface area contributed by atoms with E-state index in [9.17, 15) is 18.0 Å². The Balaban J connectivity index is 1.50. The van der Waals surface area contributed by atoms with E-state index in [1.807, 2.05) is 19.1 Å². The number of benzene rings is 4. The number of ether oxygens (including phenoxy) is 2. The molecule has 0 radical (unpaired) electrons. The lowest BCUT2D eigenvalue weighted by atomic mass is 10.0. The van der Waals surface area contributed by atoms with E-state index in [4.69, 9.17) is 9.47 Å². The van der Waals surface area contributed by atoms with Gasteiger partial charge in [-0.2, -0.15) is 4.39 Å². The Bertz CT molecular complexity index is 1350. The fourth-order valence-electron chi connectivity index (χ4n) is 3.66. The highest BCUT2D eigenvalue weighted by Gasteiger charge is 2.19. The highest BCUT2D eigenvalue weighted by molar-refractivity contribution is 5.91. The first-order valence-electron chi connectivity index (χ1n) is 11.2. The van der Waals surface area contributed by atoms with Crippen LogP contribution in [0.25, 0.3) is 22.3 Å². The largest absolute Gasteiger partial charge is 0.491 e. The number of hydrogen-bond acceptors (Lipinski definition) is 3. The quantitative estimate of drug-likeness (QED) is 0.203. The van der Waals surface area contributed by atoms with Crippen molar-refractivity contribution in [2.24, 2.45) is 0 Å². The predicted molar refractivity (Wildman–Crippen MR) is 129 cm³/mol. The lowest BCUT2D eigenvalue weighted by Crippen LogP contribution is -2.10. The van der Waals surface area contributed by atoms with Gasteiger partial charge in [-0.1, -0.05) is 49.4 Å². The number of aryl methyl sites for hydroxylation is 1. The monoisotopic (exact) mass is 476 g/mol. The van der Waals surface area contributed by atoms with E-state index in [2.05, 4.69) is 0 Å². The van der Waals surface area contributed by atoms with Gasteiger partial charge in [0.2, 0.25) is 5.82 Å². The molecule has 4 rings (SSSR count). The summed E-state index contributed by atoms with van der Waals surface area (Å²) in [5, 5.41) is 0. The summed E-state index contributed by atoms with van der Waals surface area (Å²) < 4.78 is 53.9. The first-order chi connectivity index (χ1) is 16.9. The summed E-state index contributed by atoms with van der Waals surface area (Å²) in [6.45, 7) is 4.13. The summed E-state index contributed by atoms with van der Waals surface area (Å²) in [5.41, 5.74) is 3.09. The molecule has 0 saturated heterocycles. The lowest BCUT2D eigenvalue weighted by molar-refractivity contribution is 0.0727. The summed E-state index contributed by atoms with van der Waals surface area (Å²) in [7, 11) is 0. The van der Waals surface area contributed by atoms with Crippen LogP contribution in [0, 0.1) is 17.5 Å². The van der Waals surface area contributed by atoms with Gasteiger partial charge in [-0.05, 0) is 72.0 Å². The van der Waals surface area contributed by atoms with Gasteiger partial charge in [0.1, 0.15) is 0 Å². The normalized spacial score (nSPS) is 10.8. The summed E-state index contributed by atoms with van der Waals surface area (Å²) in [4.78, 5) is 12.5. The molecular formula is C29H23F3O3. The minimum absolute atomic E-state index is 0.0805. The van der Waals surface area contributed by atoms with Gasteiger partial charge in [-0.15, -0.1) is 0 Å². The predicted octanol–water partition coefficient (Wildman–Crippen LogP) is 7.62. The highest BCUT2D eigenvalue weighted by Crippen LogP contribution is 2.31. The Morgan fingerprint density at radius 3 is 1.97 bits per heavy atom. The number of rotatable bonds is 7. The molecule has 35 heavy (non-hydrogen) atoms. The van der Waals surface area contributed by atoms with Crippen molar-refractivity contribution in [1.82, 2.24) is 0 Å². The Labute approximate surface area is 201 Å². The van der Waals surface area contributed by atoms with Crippen molar-refractivity contribution in [3.05, 3.63) is 107 Å². The molecule has 0 aliphatic rings. The summed E-state index contributed by atoms with van der Waals surface area (Å²) in [6, 6.07) is 20.5. The molecule has 4 aromatic rings. The van der Waals surface area contributed by atoms with Gasteiger partial charge in [0.15, 0.2) is 23.1 Å². The average molecular weight is 476 g/mol. The van der Waals surface area contributed by atoms with Gasteiger partial charge in [-0.3, -0.25) is 0 Å². The van der Waals surface area contributed by atoms with Crippen LogP contribution in [0.3, 0.4) is 0 Å². The number of carbonyl (C=O) groups excluding carboxylic acids is 1. The summed E-state index contributed by atoms with van der Waals surface area (Å²) in [5.74, 6) is -4.00. The SMILES string of the molecule is CCOc1ccc(-c2ccc(C(=O)Oc3ccc(-c4ccc(CC)cc4)c(F)c3F)cc2)cc1F. The van der Waals surface area contributed by atoms with Gasteiger partial charge in [0.05, 0.1) is 12.2 Å². The first-order valence-corrected chi connectivity index (χ1v) is 11.2. The van der Waals surface area contributed by atoms with Crippen LogP contribution in [0.4, 0.5) is 13.2 Å². The molecule has 0 spiro atoms. The summed E-state index contributed by atoms with van der Waals surface area (Å²) in [6.07, 6.45) is 0.837. The van der Waals surface area contributed by atoms with E-state index in [1.54, 1.807) is 37.3 Å². The average Bonchev–Trinajstić information content (AvgIpc) is 2.88. The third kappa shape index (κ3) is 5.22. The van der Waals surface area contributed by atoms with E-state index in [0.717, 1.165) is 12.0 Å². The molecule has 0 unspecified atom stereocenters. The molecule has 3 nitrogen and oxygen atoms in total. The molecule has 0 amide bonds. The molecule has 0 atom stereocenters. The molecule has 0 aliphatic heterocycles. The number of esters is 1. The Hall–Kier alpha value is -4.06. The van der Waals surface area contributed by atoms with E-state index in [-0.39, 0.29) is 16.9 Å². The van der Waals surface area contributed by atoms with Crippen LogP contribution < -0.4 is 9.47 Å². The topological polar surface area (TPSA) is 35.5 Å². The molecule has 0 N–H and O–H groups in total. The molecule has 6 heteroatoms. The van der Waals surface area contributed by atoms with Crippen LogP contribution in [0.15, 0.2) is 78.9 Å². The Morgan fingerprint density at radius 1 is 0.714 bits per heavy atom. The molecule has 4 aromatic carbocycles.